The topological polar surface area (TPSA) is 125 Å². The van der Waals surface area contributed by atoms with Gasteiger partial charge >= 0.3 is 12.1 Å². The summed E-state index contributed by atoms with van der Waals surface area (Å²) in [6.45, 7) is 0.185. The van der Waals surface area contributed by atoms with Crippen LogP contribution in [-0.4, -0.2) is 66.2 Å². The number of nitrogens with zero attached hydrogens (tertiary/aromatic N) is 1. The van der Waals surface area contributed by atoms with Crippen LogP contribution in [0.1, 0.15) is 42.7 Å². The normalized spacial score (nSPS) is 16.3. The smallest absolute Gasteiger partial charge is 0.407 e. The lowest BCUT2D eigenvalue weighted by Crippen LogP contribution is -2.45. The molecule has 4 rings (SSSR count). The Hall–Kier alpha value is -3.88. The van der Waals surface area contributed by atoms with Crippen molar-refractivity contribution in [1.82, 2.24) is 15.5 Å². The van der Waals surface area contributed by atoms with Crippen molar-refractivity contribution in [2.45, 2.75) is 37.6 Å². The second kappa shape index (κ2) is 11.0. The Labute approximate surface area is 203 Å². The van der Waals surface area contributed by atoms with Gasteiger partial charge in [-0.3, -0.25) is 14.4 Å². The molecule has 2 aromatic carbocycles. The highest BCUT2D eigenvalue weighted by Crippen LogP contribution is 2.44. The fourth-order valence-electron chi connectivity index (χ4n) is 4.89. The van der Waals surface area contributed by atoms with Crippen LogP contribution >= 0.6 is 0 Å². The predicted molar refractivity (Wildman–Crippen MR) is 128 cm³/mol. The van der Waals surface area contributed by atoms with Crippen LogP contribution in [0.4, 0.5) is 4.79 Å². The molecule has 9 heteroatoms. The van der Waals surface area contributed by atoms with Gasteiger partial charge in [0.25, 0.3) is 0 Å². The number of aliphatic carboxylic acids is 1. The van der Waals surface area contributed by atoms with Crippen molar-refractivity contribution in [3.8, 4) is 11.1 Å². The van der Waals surface area contributed by atoms with E-state index < -0.39 is 18.0 Å². The van der Waals surface area contributed by atoms with Gasteiger partial charge < -0.3 is 25.4 Å². The summed E-state index contributed by atoms with van der Waals surface area (Å²) in [4.78, 5) is 49.2. The molecule has 2 aromatic rings. The third kappa shape index (κ3) is 5.79. The minimum Gasteiger partial charge on any atom is -0.481 e. The van der Waals surface area contributed by atoms with Crippen LogP contribution < -0.4 is 10.6 Å². The monoisotopic (exact) mass is 479 g/mol. The summed E-state index contributed by atoms with van der Waals surface area (Å²) in [5, 5.41) is 13.8. The molecule has 0 spiro atoms. The van der Waals surface area contributed by atoms with E-state index in [9.17, 15) is 19.2 Å². The summed E-state index contributed by atoms with van der Waals surface area (Å²) >= 11 is 0. The van der Waals surface area contributed by atoms with Crippen LogP contribution in [0.5, 0.6) is 0 Å². The Morgan fingerprint density at radius 2 is 1.60 bits per heavy atom. The van der Waals surface area contributed by atoms with Crippen molar-refractivity contribution in [3.63, 3.8) is 0 Å². The highest BCUT2D eigenvalue weighted by molar-refractivity contribution is 5.87. The van der Waals surface area contributed by atoms with Crippen molar-refractivity contribution >= 4 is 23.9 Å². The SMILES string of the molecule is O=C(O)CCC1CCCN1C(=O)CNC(=O)CNC(=O)OCC1c2ccccc2-c2ccccc21. The number of rotatable bonds is 9. The van der Waals surface area contributed by atoms with E-state index in [1.165, 1.54) is 0 Å². The lowest BCUT2D eigenvalue weighted by Gasteiger charge is -2.24. The van der Waals surface area contributed by atoms with E-state index in [-0.39, 0.29) is 44.0 Å². The fourth-order valence-corrected chi connectivity index (χ4v) is 4.89. The van der Waals surface area contributed by atoms with Crippen LogP contribution in [0.25, 0.3) is 11.1 Å². The minimum atomic E-state index is -0.892. The van der Waals surface area contributed by atoms with Gasteiger partial charge in [0.1, 0.15) is 13.2 Å². The molecule has 184 valence electrons. The third-order valence-corrected chi connectivity index (χ3v) is 6.56. The molecule has 3 amide bonds. The zero-order valence-corrected chi connectivity index (χ0v) is 19.4. The molecule has 3 N–H and O–H groups in total. The first-order valence-corrected chi connectivity index (χ1v) is 11.8. The maximum Gasteiger partial charge on any atom is 0.407 e. The number of nitrogens with one attached hydrogen (secondary N) is 2. The van der Waals surface area contributed by atoms with E-state index >= 15 is 0 Å². The first-order chi connectivity index (χ1) is 16.9. The molecular weight excluding hydrogens is 450 g/mol. The lowest BCUT2D eigenvalue weighted by atomic mass is 9.98. The van der Waals surface area contributed by atoms with Crippen LogP contribution in [0, 0.1) is 0 Å². The number of hydrogen-bond donors (Lipinski definition) is 3. The summed E-state index contributed by atoms with van der Waals surface area (Å²) in [6, 6.07) is 15.9. The van der Waals surface area contributed by atoms with E-state index in [1.54, 1.807) is 4.90 Å². The number of alkyl carbamates (subject to hydrolysis) is 1. The summed E-state index contributed by atoms with van der Waals surface area (Å²) in [7, 11) is 0. The van der Waals surface area contributed by atoms with E-state index in [0.717, 1.165) is 35.1 Å². The first-order valence-electron chi connectivity index (χ1n) is 11.8. The molecule has 9 nitrogen and oxygen atoms in total. The molecule has 1 unspecified atom stereocenters. The van der Waals surface area contributed by atoms with E-state index in [2.05, 4.69) is 22.8 Å². The molecule has 0 aromatic heterocycles. The number of carbonyl (C=O) groups is 4. The van der Waals surface area contributed by atoms with Crippen molar-refractivity contribution in [2.75, 3.05) is 26.2 Å². The molecule has 1 aliphatic heterocycles. The molecule has 2 aliphatic rings. The molecule has 1 heterocycles. The van der Waals surface area contributed by atoms with Crippen LogP contribution in [0.15, 0.2) is 48.5 Å². The fraction of sp³-hybridized carbons (Fsp3) is 0.385. The van der Waals surface area contributed by atoms with Gasteiger partial charge in [0.2, 0.25) is 11.8 Å². The molecule has 1 atom stereocenters. The molecule has 1 fully saturated rings. The first kappa shape index (κ1) is 24.3. The number of amides is 3. The number of carbonyl (C=O) groups excluding carboxylic acids is 3. The number of ether oxygens (including phenoxy) is 1. The Bertz CT molecular complexity index is 1070. The van der Waals surface area contributed by atoms with Crippen molar-refractivity contribution < 1.29 is 29.0 Å². The zero-order valence-electron chi connectivity index (χ0n) is 19.4. The Balaban J connectivity index is 1.20. The van der Waals surface area contributed by atoms with E-state index in [1.807, 2.05) is 36.4 Å². The van der Waals surface area contributed by atoms with Gasteiger partial charge in [-0.2, -0.15) is 0 Å². The maximum atomic E-state index is 12.4. The number of fused-ring (bicyclic) bond motifs is 3. The number of hydrogen-bond acceptors (Lipinski definition) is 5. The lowest BCUT2D eigenvalue weighted by molar-refractivity contribution is -0.138. The van der Waals surface area contributed by atoms with Crippen molar-refractivity contribution in [2.24, 2.45) is 0 Å². The summed E-state index contributed by atoms with van der Waals surface area (Å²) < 4.78 is 5.40. The van der Waals surface area contributed by atoms with Gasteiger partial charge in [0, 0.05) is 24.9 Å². The van der Waals surface area contributed by atoms with Gasteiger partial charge in [-0.15, -0.1) is 0 Å². The number of likely N-dealkylation sites (tertiary alicyclic amines) is 1. The highest BCUT2D eigenvalue weighted by atomic mass is 16.5. The average Bonchev–Trinajstić information content (AvgIpc) is 3.46. The standard InChI is InChI=1S/C26H29N3O6/c30-23(27-15-24(31)29-13-5-6-17(29)11-12-25(32)33)14-28-26(34)35-16-22-20-9-3-1-7-18(20)19-8-2-4-10-21(19)22/h1-4,7-10,17,22H,5-6,11-16H2,(H,27,30)(H,28,34)(H,32,33). The predicted octanol–water partition coefficient (Wildman–Crippen LogP) is 2.50. The van der Waals surface area contributed by atoms with E-state index in [4.69, 9.17) is 9.84 Å². The Morgan fingerprint density at radius 1 is 0.943 bits per heavy atom. The molecule has 35 heavy (non-hydrogen) atoms. The molecule has 1 aliphatic carbocycles. The summed E-state index contributed by atoms with van der Waals surface area (Å²) in [5.41, 5.74) is 4.45. The van der Waals surface area contributed by atoms with Gasteiger partial charge in [-0.1, -0.05) is 48.5 Å². The second-order valence-electron chi connectivity index (χ2n) is 8.77. The quantitative estimate of drug-likeness (QED) is 0.508. The average molecular weight is 480 g/mol. The third-order valence-electron chi connectivity index (χ3n) is 6.56. The summed E-state index contributed by atoms with van der Waals surface area (Å²) in [6.07, 6.45) is 1.27. The number of carboxylic acid groups (broad SMARTS) is 1. The van der Waals surface area contributed by atoms with Crippen LogP contribution in [0.3, 0.4) is 0 Å². The Morgan fingerprint density at radius 3 is 2.26 bits per heavy atom. The van der Waals surface area contributed by atoms with Gasteiger partial charge in [0.15, 0.2) is 0 Å². The van der Waals surface area contributed by atoms with Gasteiger partial charge in [-0.05, 0) is 41.5 Å². The van der Waals surface area contributed by atoms with Crippen molar-refractivity contribution in [3.05, 3.63) is 59.7 Å². The zero-order chi connectivity index (χ0) is 24.8. The molecular formula is C26H29N3O6. The molecule has 0 radical (unpaired) electrons. The maximum absolute atomic E-state index is 12.4. The molecule has 1 saturated heterocycles. The highest BCUT2D eigenvalue weighted by Gasteiger charge is 2.30. The number of carboxylic acids is 1. The Kier molecular flexibility index (Phi) is 7.64. The van der Waals surface area contributed by atoms with E-state index in [0.29, 0.717) is 13.0 Å². The second-order valence-corrected chi connectivity index (χ2v) is 8.77. The van der Waals surface area contributed by atoms with Crippen LogP contribution in [0.2, 0.25) is 0 Å². The molecule has 0 bridgehead atoms. The van der Waals surface area contributed by atoms with Crippen LogP contribution in [-0.2, 0) is 19.1 Å². The largest absolute Gasteiger partial charge is 0.481 e. The van der Waals surface area contributed by atoms with Gasteiger partial charge in [0.05, 0.1) is 6.54 Å². The molecule has 0 saturated carbocycles. The summed E-state index contributed by atoms with van der Waals surface area (Å²) in [5.74, 6) is -1.73. The minimum absolute atomic E-state index is 0.00483. The van der Waals surface area contributed by atoms with Crippen molar-refractivity contribution in [1.29, 1.82) is 0 Å². The van der Waals surface area contributed by atoms with Gasteiger partial charge in [-0.25, -0.2) is 4.79 Å². The number of benzene rings is 2.